The van der Waals surface area contributed by atoms with Crippen molar-refractivity contribution in [2.45, 2.75) is 4.90 Å². The van der Waals surface area contributed by atoms with E-state index in [1.54, 1.807) is 30.6 Å². The molecule has 9 heteroatoms. The van der Waals surface area contributed by atoms with Gasteiger partial charge in [-0.2, -0.15) is 0 Å². The third-order valence-electron chi connectivity index (χ3n) is 4.93. The van der Waals surface area contributed by atoms with Gasteiger partial charge in [-0.15, -0.1) is 0 Å². The van der Waals surface area contributed by atoms with Crippen LogP contribution in [0.25, 0.3) is 32.4 Å². The Bertz CT molecular complexity index is 1600. The van der Waals surface area contributed by atoms with Crippen LogP contribution in [-0.2, 0) is 9.84 Å². The van der Waals surface area contributed by atoms with Gasteiger partial charge < -0.3 is 0 Å². The summed E-state index contributed by atoms with van der Waals surface area (Å²) in [5.41, 5.74) is 3.23. The average Bonchev–Trinajstić information content (AvgIpc) is 3.19. The van der Waals surface area contributed by atoms with E-state index in [0.29, 0.717) is 32.1 Å². The van der Waals surface area contributed by atoms with Gasteiger partial charge >= 0.3 is 0 Å². The second-order valence-corrected chi connectivity index (χ2v) is 10.2. The van der Waals surface area contributed by atoms with Gasteiger partial charge in [-0.3, -0.25) is 15.1 Å². The molecular formula is C23H16N4O3S2. The lowest BCUT2D eigenvalue weighted by molar-refractivity contribution is 0.102. The van der Waals surface area contributed by atoms with Gasteiger partial charge in [0.05, 0.1) is 31.9 Å². The average molecular weight is 461 g/mol. The van der Waals surface area contributed by atoms with Crippen molar-refractivity contribution in [1.82, 2.24) is 15.0 Å². The number of benzene rings is 2. The zero-order valence-corrected chi connectivity index (χ0v) is 18.4. The van der Waals surface area contributed by atoms with E-state index in [1.165, 1.54) is 17.4 Å². The van der Waals surface area contributed by atoms with Crippen LogP contribution in [-0.4, -0.2) is 35.5 Å². The Hall–Kier alpha value is -3.69. The maximum atomic E-state index is 13.2. The molecule has 1 N–H and O–H groups in total. The SMILES string of the molecule is CS(=O)(=O)c1ccc2nc(NC(=O)c3cc(-c4cccnc4)nc4ccccc34)sc2c1. The Morgan fingerprint density at radius 2 is 1.81 bits per heavy atom. The number of para-hydroxylation sites is 1. The highest BCUT2D eigenvalue weighted by molar-refractivity contribution is 7.90. The lowest BCUT2D eigenvalue weighted by Crippen LogP contribution is -2.13. The second-order valence-electron chi connectivity index (χ2n) is 7.19. The molecule has 3 aromatic heterocycles. The quantitative estimate of drug-likeness (QED) is 0.422. The number of fused-ring (bicyclic) bond motifs is 2. The number of anilines is 1. The molecule has 0 aliphatic rings. The van der Waals surface area contributed by atoms with Gasteiger partial charge in [-0.05, 0) is 42.5 Å². The molecule has 0 spiro atoms. The van der Waals surface area contributed by atoms with Crippen LogP contribution in [0, 0.1) is 0 Å². The fraction of sp³-hybridized carbons (Fsp3) is 0.0435. The Morgan fingerprint density at radius 3 is 2.59 bits per heavy atom. The van der Waals surface area contributed by atoms with Crippen LogP contribution in [0.3, 0.4) is 0 Å². The standard InChI is InChI=1S/C23H16N4O3S2/c1-32(29,30)15-8-9-19-21(11-15)31-23(26-19)27-22(28)17-12-20(14-5-4-10-24-13-14)25-18-7-3-2-6-16(17)18/h2-13H,1H3,(H,26,27,28). The number of rotatable bonds is 4. The Labute approximate surface area is 187 Å². The van der Waals surface area contributed by atoms with Crippen molar-refractivity contribution in [2.75, 3.05) is 11.6 Å². The first-order valence-electron chi connectivity index (χ1n) is 9.61. The third kappa shape index (κ3) is 3.83. The number of nitrogens with one attached hydrogen (secondary N) is 1. The smallest absolute Gasteiger partial charge is 0.258 e. The highest BCUT2D eigenvalue weighted by atomic mass is 32.2. The Balaban J connectivity index is 1.55. The first kappa shape index (κ1) is 20.2. The summed E-state index contributed by atoms with van der Waals surface area (Å²) in [6.45, 7) is 0. The fourth-order valence-electron chi connectivity index (χ4n) is 3.38. The van der Waals surface area contributed by atoms with Gasteiger partial charge in [0.2, 0.25) is 0 Å². The molecule has 0 aliphatic heterocycles. The number of carbonyl (C=O) groups excluding carboxylic acids is 1. The molecule has 7 nitrogen and oxygen atoms in total. The lowest BCUT2D eigenvalue weighted by Gasteiger charge is -2.09. The number of amides is 1. The maximum absolute atomic E-state index is 13.2. The number of carbonyl (C=O) groups is 1. The van der Waals surface area contributed by atoms with Crippen molar-refractivity contribution in [3.05, 3.63) is 78.6 Å². The van der Waals surface area contributed by atoms with Gasteiger partial charge in [0.1, 0.15) is 0 Å². The molecule has 5 aromatic rings. The molecule has 5 rings (SSSR count). The molecule has 158 valence electrons. The summed E-state index contributed by atoms with van der Waals surface area (Å²) in [6, 6.07) is 17.6. The van der Waals surface area contributed by atoms with Crippen molar-refractivity contribution in [3.63, 3.8) is 0 Å². The van der Waals surface area contributed by atoms with E-state index in [1.807, 2.05) is 36.4 Å². The Morgan fingerprint density at radius 1 is 0.969 bits per heavy atom. The summed E-state index contributed by atoms with van der Waals surface area (Å²) in [7, 11) is -3.33. The number of pyridine rings is 2. The van der Waals surface area contributed by atoms with E-state index >= 15 is 0 Å². The molecule has 0 bridgehead atoms. The molecule has 0 saturated heterocycles. The van der Waals surface area contributed by atoms with E-state index in [-0.39, 0.29) is 10.8 Å². The highest BCUT2D eigenvalue weighted by Gasteiger charge is 2.17. The van der Waals surface area contributed by atoms with Crippen LogP contribution in [0.15, 0.2) is 78.0 Å². The van der Waals surface area contributed by atoms with Crippen molar-refractivity contribution < 1.29 is 13.2 Å². The zero-order chi connectivity index (χ0) is 22.3. The first-order chi connectivity index (χ1) is 15.4. The van der Waals surface area contributed by atoms with Crippen molar-refractivity contribution >= 4 is 53.3 Å². The minimum atomic E-state index is -3.33. The number of aromatic nitrogens is 3. The lowest BCUT2D eigenvalue weighted by atomic mass is 10.0. The van der Waals surface area contributed by atoms with Crippen LogP contribution in [0.1, 0.15) is 10.4 Å². The highest BCUT2D eigenvalue weighted by Crippen LogP contribution is 2.30. The van der Waals surface area contributed by atoms with E-state index in [2.05, 4.69) is 20.3 Å². The van der Waals surface area contributed by atoms with Gasteiger partial charge in [0.25, 0.3) is 5.91 Å². The van der Waals surface area contributed by atoms with E-state index in [4.69, 9.17) is 0 Å². The first-order valence-corrected chi connectivity index (χ1v) is 12.3. The monoisotopic (exact) mass is 460 g/mol. The van der Waals surface area contributed by atoms with Crippen molar-refractivity contribution in [1.29, 1.82) is 0 Å². The topological polar surface area (TPSA) is 102 Å². The van der Waals surface area contributed by atoms with Crippen LogP contribution in [0.4, 0.5) is 5.13 Å². The van der Waals surface area contributed by atoms with Crippen LogP contribution in [0.2, 0.25) is 0 Å². The molecule has 0 fully saturated rings. The molecule has 1 amide bonds. The van der Waals surface area contributed by atoms with Gasteiger partial charge in [0, 0.05) is 29.6 Å². The summed E-state index contributed by atoms with van der Waals surface area (Å²) >= 11 is 1.22. The number of thiazole rings is 1. The summed E-state index contributed by atoms with van der Waals surface area (Å²) < 4.78 is 24.3. The van der Waals surface area contributed by atoms with E-state index in [0.717, 1.165) is 17.2 Å². The van der Waals surface area contributed by atoms with Crippen LogP contribution >= 0.6 is 11.3 Å². The summed E-state index contributed by atoms with van der Waals surface area (Å²) in [5.74, 6) is -0.323. The summed E-state index contributed by atoms with van der Waals surface area (Å²) in [5, 5.41) is 3.96. The number of hydrogen-bond acceptors (Lipinski definition) is 7. The number of nitrogens with zero attached hydrogens (tertiary/aromatic N) is 3. The van der Waals surface area contributed by atoms with Gasteiger partial charge in [-0.25, -0.2) is 18.4 Å². The van der Waals surface area contributed by atoms with E-state index < -0.39 is 9.84 Å². The number of hydrogen-bond donors (Lipinski definition) is 1. The molecule has 0 atom stereocenters. The van der Waals surface area contributed by atoms with Gasteiger partial charge in [0.15, 0.2) is 15.0 Å². The predicted molar refractivity (Wildman–Crippen MR) is 126 cm³/mol. The summed E-state index contributed by atoms with van der Waals surface area (Å²) in [4.78, 5) is 26.7. The normalized spacial score (nSPS) is 11.7. The van der Waals surface area contributed by atoms with Crippen molar-refractivity contribution in [3.8, 4) is 11.3 Å². The molecule has 0 aliphatic carbocycles. The maximum Gasteiger partial charge on any atom is 0.258 e. The Kier molecular flexibility index (Phi) is 4.91. The fourth-order valence-corrected chi connectivity index (χ4v) is 5.00. The van der Waals surface area contributed by atoms with E-state index in [9.17, 15) is 13.2 Å². The molecular weight excluding hydrogens is 444 g/mol. The molecule has 32 heavy (non-hydrogen) atoms. The molecule has 0 saturated carbocycles. The minimum Gasteiger partial charge on any atom is -0.298 e. The molecule has 3 heterocycles. The minimum absolute atomic E-state index is 0.216. The van der Waals surface area contributed by atoms with Gasteiger partial charge in [-0.1, -0.05) is 29.5 Å². The largest absolute Gasteiger partial charge is 0.298 e. The number of sulfone groups is 1. The molecule has 0 radical (unpaired) electrons. The summed E-state index contributed by atoms with van der Waals surface area (Å²) in [6.07, 6.45) is 4.54. The second kappa shape index (κ2) is 7.77. The van der Waals surface area contributed by atoms with Crippen molar-refractivity contribution in [2.24, 2.45) is 0 Å². The zero-order valence-electron chi connectivity index (χ0n) is 16.8. The molecule has 0 unspecified atom stereocenters. The van der Waals surface area contributed by atoms with Crippen LogP contribution < -0.4 is 5.32 Å². The molecule has 2 aromatic carbocycles. The third-order valence-corrected chi connectivity index (χ3v) is 6.97. The van der Waals surface area contributed by atoms with Crippen LogP contribution in [0.5, 0.6) is 0 Å². The predicted octanol–water partition coefficient (Wildman–Crippen LogP) is 4.56.